The molecule has 0 saturated carbocycles. The van der Waals surface area contributed by atoms with Crippen LogP contribution in [0.1, 0.15) is 58.8 Å². The van der Waals surface area contributed by atoms with Crippen LogP contribution in [0.15, 0.2) is 39.3 Å². The molecule has 212 valence electrons. The molecule has 0 fully saturated rings. The summed E-state index contributed by atoms with van der Waals surface area (Å²) in [4.78, 5) is 12.4. The Kier molecular flexibility index (Phi) is 11.3. The number of nitrogens with two attached hydrogens (primary N) is 1. The number of hydrogen-bond donors (Lipinski definition) is 2. The van der Waals surface area contributed by atoms with Crippen LogP contribution in [0.4, 0.5) is 4.79 Å². The first-order chi connectivity index (χ1) is 17.5. The van der Waals surface area contributed by atoms with Gasteiger partial charge in [-0.3, -0.25) is 0 Å². The zero-order chi connectivity index (χ0) is 28.9. The van der Waals surface area contributed by atoms with Crippen molar-refractivity contribution in [1.29, 1.82) is 0 Å². The Balaban J connectivity index is 2.42. The Hall–Kier alpha value is -1.59. The third kappa shape index (κ3) is 9.26. The molecule has 0 aliphatic heterocycles. The number of ether oxygens (including phenoxy) is 3. The Labute approximate surface area is 245 Å². The smallest absolute Gasteiger partial charge is 0.407 e. The van der Waals surface area contributed by atoms with Crippen molar-refractivity contribution in [3.05, 3.63) is 50.4 Å². The molecular weight excluding hydrogens is 632 g/mol. The maximum Gasteiger partial charge on any atom is 0.407 e. The lowest BCUT2D eigenvalue weighted by molar-refractivity contribution is 0.0496. The van der Waals surface area contributed by atoms with Crippen molar-refractivity contribution in [2.75, 3.05) is 20.2 Å². The van der Waals surface area contributed by atoms with Gasteiger partial charge >= 0.3 is 6.09 Å². The van der Waals surface area contributed by atoms with Gasteiger partial charge < -0.3 is 29.7 Å². The molecule has 10 heteroatoms. The number of benzene rings is 2. The molecule has 0 aromatic heterocycles. The number of carbonyl (C=O) groups excluding carboxylic acids is 1. The van der Waals surface area contributed by atoms with Crippen molar-refractivity contribution in [3.8, 4) is 17.2 Å². The molecule has 0 bridgehead atoms. The second kappa shape index (κ2) is 13.2. The molecule has 3 N–H and O–H groups in total. The average molecular weight is 675 g/mol. The molecule has 38 heavy (non-hydrogen) atoms. The number of carbonyl (C=O) groups is 1. The normalized spacial score (nSPS) is 13.2. The highest BCUT2D eigenvalue weighted by Crippen LogP contribution is 2.44. The third-order valence-electron chi connectivity index (χ3n) is 6.34. The van der Waals surface area contributed by atoms with E-state index in [1.54, 1.807) is 7.11 Å². The maximum atomic E-state index is 12.4. The zero-order valence-electron chi connectivity index (χ0n) is 24.0. The minimum Gasteiger partial charge on any atom is -0.493 e. The van der Waals surface area contributed by atoms with Crippen LogP contribution in [0.2, 0.25) is 18.1 Å². The van der Waals surface area contributed by atoms with Crippen molar-refractivity contribution < 1.29 is 23.4 Å². The highest BCUT2D eigenvalue weighted by Gasteiger charge is 2.40. The van der Waals surface area contributed by atoms with Gasteiger partial charge in [-0.25, -0.2) is 4.79 Å². The van der Waals surface area contributed by atoms with Crippen molar-refractivity contribution in [2.24, 2.45) is 5.73 Å². The molecule has 0 aliphatic carbocycles. The minimum absolute atomic E-state index is 0.0141. The van der Waals surface area contributed by atoms with E-state index >= 15 is 0 Å². The van der Waals surface area contributed by atoms with Crippen LogP contribution in [-0.4, -0.2) is 40.2 Å². The molecule has 0 aliphatic rings. The first-order valence-corrected chi connectivity index (χ1v) is 17.2. The van der Waals surface area contributed by atoms with Crippen LogP contribution in [0.3, 0.4) is 0 Å². The number of rotatable bonds is 10. The van der Waals surface area contributed by atoms with E-state index in [0.717, 1.165) is 26.5 Å². The summed E-state index contributed by atoms with van der Waals surface area (Å²) in [5, 5.41) is 2.87. The first kappa shape index (κ1) is 32.6. The highest BCUT2D eigenvalue weighted by molar-refractivity contribution is 9.11. The molecule has 2 aromatic carbocycles. The summed E-state index contributed by atoms with van der Waals surface area (Å²) in [5.74, 6) is 1.81. The van der Waals surface area contributed by atoms with Gasteiger partial charge in [0, 0.05) is 0 Å². The fourth-order valence-electron chi connectivity index (χ4n) is 3.35. The predicted octanol–water partition coefficient (Wildman–Crippen LogP) is 8.10. The summed E-state index contributed by atoms with van der Waals surface area (Å²) in [7, 11) is -0.577. The van der Waals surface area contributed by atoms with E-state index in [4.69, 9.17) is 24.4 Å². The largest absolute Gasteiger partial charge is 0.493 e. The Bertz CT molecular complexity index is 1090. The first-order valence-electron chi connectivity index (χ1n) is 12.7. The van der Waals surface area contributed by atoms with Gasteiger partial charge in [-0.15, -0.1) is 0 Å². The molecular formula is C28H42Br2N2O5Si. The molecule has 0 saturated heterocycles. The lowest BCUT2D eigenvalue weighted by Gasteiger charge is -2.39. The van der Waals surface area contributed by atoms with Gasteiger partial charge in [-0.1, -0.05) is 26.8 Å². The standard InChI is InChI=1S/C28H42Br2N2O5Si/c1-27(2,3)36-26(33)32-17-24(37-38(8,9)28(4,5)6)19-15-20(29)25(21(30)16-19)35-23-14-18(12-13-31)10-11-22(23)34-7/h10-11,14-16,24H,12-13,17,31H2,1-9H3,(H,32,33)/t24-/m1/s1. The number of alkyl carbamates (subject to hydrolysis) is 1. The predicted molar refractivity (Wildman–Crippen MR) is 163 cm³/mol. The van der Waals surface area contributed by atoms with Crippen molar-refractivity contribution in [3.63, 3.8) is 0 Å². The van der Waals surface area contributed by atoms with Crippen LogP contribution < -0.4 is 20.5 Å². The summed E-state index contributed by atoms with van der Waals surface area (Å²) < 4.78 is 25.5. The van der Waals surface area contributed by atoms with E-state index in [9.17, 15) is 4.79 Å². The highest BCUT2D eigenvalue weighted by atomic mass is 79.9. The molecule has 0 radical (unpaired) electrons. The zero-order valence-corrected chi connectivity index (χ0v) is 28.1. The Morgan fingerprint density at radius 3 is 2.13 bits per heavy atom. The summed E-state index contributed by atoms with van der Waals surface area (Å²) >= 11 is 7.37. The topological polar surface area (TPSA) is 92.0 Å². The number of halogens is 2. The van der Waals surface area contributed by atoms with Gasteiger partial charge in [-0.2, -0.15) is 0 Å². The molecule has 0 spiro atoms. The molecule has 1 atom stereocenters. The van der Waals surface area contributed by atoms with E-state index in [-0.39, 0.29) is 11.6 Å². The summed E-state index contributed by atoms with van der Waals surface area (Å²) in [6.07, 6.45) is -0.144. The van der Waals surface area contributed by atoms with Crippen molar-refractivity contribution >= 4 is 46.3 Å². The Morgan fingerprint density at radius 2 is 1.63 bits per heavy atom. The van der Waals surface area contributed by atoms with Crippen LogP contribution in [0.25, 0.3) is 0 Å². The lowest BCUT2D eigenvalue weighted by Crippen LogP contribution is -2.44. The van der Waals surface area contributed by atoms with Crippen LogP contribution in [-0.2, 0) is 15.6 Å². The van der Waals surface area contributed by atoms with Gasteiger partial charge in [0.05, 0.1) is 28.7 Å². The Morgan fingerprint density at radius 1 is 1.03 bits per heavy atom. The van der Waals surface area contributed by atoms with E-state index in [2.05, 4.69) is 71.0 Å². The molecule has 1 amide bonds. The van der Waals surface area contributed by atoms with Crippen LogP contribution >= 0.6 is 31.9 Å². The second-order valence-electron chi connectivity index (χ2n) is 11.7. The van der Waals surface area contributed by atoms with Gasteiger partial charge in [0.1, 0.15) is 5.60 Å². The number of methoxy groups -OCH3 is 1. The summed E-state index contributed by atoms with van der Waals surface area (Å²) in [6.45, 7) is 17.3. The van der Waals surface area contributed by atoms with Gasteiger partial charge in [0.15, 0.2) is 25.6 Å². The molecule has 2 aromatic rings. The minimum atomic E-state index is -2.19. The fraction of sp³-hybridized carbons (Fsp3) is 0.536. The second-order valence-corrected chi connectivity index (χ2v) is 18.2. The van der Waals surface area contributed by atoms with Crippen LogP contribution in [0, 0.1) is 0 Å². The fourth-order valence-corrected chi connectivity index (χ4v) is 6.01. The monoisotopic (exact) mass is 672 g/mol. The number of nitrogens with one attached hydrogen (secondary N) is 1. The molecule has 2 rings (SSSR count). The van der Waals surface area contributed by atoms with Crippen molar-refractivity contribution in [1.82, 2.24) is 5.32 Å². The van der Waals surface area contributed by atoms with E-state index in [1.165, 1.54) is 0 Å². The number of hydrogen-bond acceptors (Lipinski definition) is 6. The van der Waals surface area contributed by atoms with Gasteiger partial charge in [-0.05, 0) is 119 Å². The molecule has 0 heterocycles. The molecule has 7 nitrogen and oxygen atoms in total. The van der Waals surface area contributed by atoms with Crippen LogP contribution in [0.5, 0.6) is 17.2 Å². The number of amides is 1. The summed E-state index contributed by atoms with van der Waals surface area (Å²) in [5.41, 5.74) is 7.10. The third-order valence-corrected chi connectivity index (χ3v) is 12.0. The average Bonchev–Trinajstić information content (AvgIpc) is 2.77. The van der Waals surface area contributed by atoms with Gasteiger partial charge in [0.2, 0.25) is 0 Å². The van der Waals surface area contributed by atoms with Gasteiger partial charge in [0.25, 0.3) is 0 Å². The van der Waals surface area contributed by atoms with E-state index in [0.29, 0.717) is 23.8 Å². The lowest BCUT2D eigenvalue weighted by atomic mass is 10.1. The summed E-state index contributed by atoms with van der Waals surface area (Å²) in [6, 6.07) is 9.72. The maximum absolute atomic E-state index is 12.4. The molecule has 0 unspecified atom stereocenters. The van der Waals surface area contributed by atoms with Crippen molar-refractivity contribution in [2.45, 2.75) is 77.8 Å². The van der Waals surface area contributed by atoms with E-state index in [1.807, 2.05) is 51.1 Å². The SMILES string of the molecule is COc1ccc(CCN)cc1Oc1c(Br)cc([C@@H](CNC(=O)OC(C)(C)C)O[Si](C)(C)C(C)(C)C)cc1Br. The van der Waals surface area contributed by atoms with E-state index < -0.39 is 26.1 Å². The quantitative estimate of drug-likeness (QED) is 0.248.